The van der Waals surface area contributed by atoms with Gasteiger partial charge in [-0.2, -0.15) is 0 Å². The van der Waals surface area contributed by atoms with Crippen molar-refractivity contribution in [2.75, 3.05) is 26.9 Å². The standard InChI is InChI=1S/C92H82N2O25Si/c1-92(2,3)120(5,6)119-75-66(51-110-85(103)54-35-17-9-18-36-54)113-91(70(78(75)116-88(106)57-41-23-12-24-42-57)94-81(99)62-47-29-30-48-63(62)82(94)100)118-73-64(49-108-83(101)52-31-13-7-14-32-52)111-89(68(76(73)114-86(104)55-37-19-10-20-38-55)67-71(95)58-43-25-26-44-59(58)72(67)96)117-74-65(50-109-84(102)53-33-15-8-16-34-53)112-90(107-4)69(77(74)115-87(105)56-39-21-11-22-40-56)93-79(97)60-45-27-28-46-61(60)80(93)98/h7-48,64-70,73-78,89-91H,49-51H2,1-6H3. The molecular formula is C92H82N2O25Si. The van der Waals surface area contributed by atoms with Gasteiger partial charge in [0.15, 0.2) is 51.0 Å². The van der Waals surface area contributed by atoms with E-state index in [9.17, 15) is 14.4 Å². The normalized spacial score (nSPS) is 24.7. The molecule has 5 aliphatic heterocycles. The van der Waals surface area contributed by atoms with Crippen LogP contribution < -0.4 is 0 Å². The second-order valence-electron chi connectivity index (χ2n) is 30.9. The summed E-state index contributed by atoms with van der Waals surface area (Å²) >= 11 is 0. The Hall–Kier alpha value is -12.6. The van der Waals surface area contributed by atoms with E-state index in [0.717, 1.165) is 9.80 Å². The molecule has 3 saturated heterocycles. The predicted octanol–water partition coefficient (Wildman–Crippen LogP) is 11.9. The van der Waals surface area contributed by atoms with E-state index in [4.69, 9.17) is 61.3 Å². The summed E-state index contributed by atoms with van der Waals surface area (Å²) in [7, 11) is -2.15. The molecule has 0 bridgehead atoms. The predicted molar refractivity (Wildman–Crippen MR) is 425 cm³/mol. The van der Waals surface area contributed by atoms with Crippen molar-refractivity contribution in [3.8, 4) is 0 Å². The van der Waals surface area contributed by atoms with E-state index in [0.29, 0.717) is 0 Å². The molecule has 15 unspecified atom stereocenters. The summed E-state index contributed by atoms with van der Waals surface area (Å²) in [6, 6.07) is 59.4. The molecule has 0 spiro atoms. The maximum absolute atomic E-state index is 16.1. The average molecular weight is 1640 g/mol. The number of fused-ring (bicyclic) bond motifs is 3. The van der Waals surface area contributed by atoms with Crippen LogP contribution in [0.1, 0.15) is 145 Å². The molecule has 0 N–H and O–H groups in total. The van der Waals surface area contributed by atoms with Gasteiger partial charge in [-0.1, -0.05) is 178 Å². The third-order valence-corrected chi connectivity index (χ3v) is 27.0. The van der Waals surface area contributed by atoms with Crippen LogP contribution >= 0.6 is 0 Å². The third kappa shape index (κ3) is 16.5. The zero-order valence-electron chi connectivity index (χ0n) is 65.7. The fourth-order valence-corrected chi connectivity index (χ4v) is 16.9. The molecule has 27 nitrogen and oxygen atoms in total. The lowest BCUT2D eigenvalue weighted by atomic mass is 9.78. The van der Waals surface area contributed by atoms with E-state index in [-0.39, 0.29) is 66.8 Å². The van der Waals surface area contributed by atoms with E-state index in [2.05, 4.69) is 0 Å². The van der Waals surface area contributed by atoms with Crippen molar-refractivity contribution in [1.82, 2.24) is 9.80 Å². The number of hydrogen-bond acceptors (Lipinski definition) is 25. The van der Waals surface area contributed by atoms with Crippen LogP contribution in [-0.2, 0) is 61.3 Å². The molecule has 9 aromatic rings. The van der Waals surface area contributed by atoms with Crippen LogP contribution in [0.4, 0.5) is 0 Å². The van der Waals surface area contributed by atoms with Crippen molar-refractivity contribution in [2.24, 2.45) is 11.8 Å². The zero-order valence-corrected chi connectivity index (χ0v) is 66.7. The van der Waals surface area contributed by atoms with Gasteiger partial charge in [-0.05, 0) is 115 Å². The van der Waals surface area contributed by atoms with Crippen LogP contribution in [0.5, 0.6) is 0 Å². The second kappa shape index (κ2) is 35.1. The number of imide groups is 2. The minimum Gasteiger partial charge on any atom is -0.459 e. The van der Waals surface area contributed by atoms with Crippen molar-refractivity contribution in [2.45, 2.75) is 125 Å². The molecule has 5 heterocycles. The van der Waals surface area contributed by atoms with Gasteiger partial charge in [0.2, 0.25) is 0 Å². The average Bonchev–Trinajstić information content (AvgIpc) is 1.62. The minimum absolute atomic E-state index is 0.0179. The summed E-state index contributed by atoms with van der Waals surface area (Å²) in [5.74, 6) is -16.0. The van der Waals surface area contributed by atoms with Gasteiger partial charge in [-0.15, -0.1) is 0 Å². The number of nitrogens with zero attached hydrogens (tertiary/aromatic N) is 2. The molecule has 0 radical (unpaired) electrons. The number of carbonyl (C=O) groups is 12. The number of ether oxygens (including phenoxy) is 12. The maximum Gasteiger partial charge on any atom is 0.338 e. The van der Waals surface area contributed by atoms with E-state index >= 15 is 43.2 Å². The minimum atomic E-state index is -3.32. The summed E-state index contributed by atoms with van der Waals surface area (Å²) in [6.07, 6.45) is -24.3. The third-order valence-electron chi connectivity index (χ3n) is 22.6. The first kappa shape index (κ1) is 82.5. The van der Waals surface area contributed by atoms with Crippen molar-refractivity contribution in [3.05, 3.63) is 322 Å². The molecule has 15 atom stereocenters. The molecule has 0 saturated carbocycles. The van der Waals surface area contributed by atoms with Crippen LogP contribution in [0.25, 0.3) is 0 Å². The van der Waals surface area contributed by atoms with Gasteiger partial charge in [0, 0.05) is 18.2 Å². The Labute approximate surface area is 689 Å². The van der Waals surface area contributed by atoms with Gasteiger partial charge < -0.3 is 61.3 Å². The van der Waals surface area contributed by atoms with Crippen LogP contribution in [0.2, 0.25) is 18.1 Å². The SMILES string of the molecule is COC1OC(COC(=O)c2ccccc2)C(OC2OC(COC(=O)c3ccccc3)C(OC3OC(COC(=O)c4ccccc4)C(O[Si](C)(C)C(C)(C)C)C(OC(=O)c4ccccc4)C3N3C(=O)c4ccccc4C3=O)C(OC(=O)c3ccccc3)C2C2C(=O)c3ccccc3C2=O)C(OC(=O)c2ccccc2)C1N1C(=O)c2ccccc2C1=O. The Morgan fingerprint density at radius 3 is 0.942 bits per heavy atom. The number of Topliss-reactive ketones (excluding diaryl/α,β-unsaturated/α-hetero) is 2. The smallest absolute Gasteiger partial charge is 0.338 e. The van der Waals surface area contributed by atoms with Crippen molar-refractivity contribution >= 4 is 79.3 Å². The molecule has 614 valence electrons. The van der Waals surface area contributed by atoms with Crippen LogP contribution in [0, 0.1) is 11.8 Å². The van der Waals surface area contributed by atoms with E-state index in [1.807, 2.05) is 33.9 Å². The van der Waals surface area contributed by atoms with E-state index in [1.54, 1.807) is 84.9 Å². The van der Waals surface area contributed by atoms with E-state index in [1.165, 1.54) is 177 Å². The fourth-order valence-electron chi connectivity index (χ4n) is 15.6. The second-order valence-corrected chi connectivity index (χ2v) is 35.6. The van der Waals surface area contributed by atoms with E-state index < -0.39 is 202 Å². The Bertz CT molecular complexity index is 5280. The van der Waals surface area contributed by atoms with Gasteiger partial charge in [0.25, 0.3) is 23.6 Å². The highest BCUT2D eigenvalue weighted by Gasteiger charge is 2.65. The number of amides is 4. The largest absolute Gasteiger partial charge is 0.459 e. The highest BCUT2D eigenvalue weighted by molar-refractivity contribution is 6.74. The molecular weight excluding hydrogens is 1560 g/mol. The zero-order chi connectivity index (χ0) is 84.3. The summed E-state index contributed by atoms with van der Waals surface area (Å²) in [6.45, 7) is 6.88. The lowest BCUT2D eigenvalue weighted by Gasteiger charge is -2.53. The van der Waals surface area contributed by atoms with Gasteiger partial charge in [-0.25, -0.2) is 28.8 Å². The Morgan fingerprint density at radius 2 is 0.600 bits per heavy atom. The molecule has 1 aliphatic carbocycles. The summed E-state index contributed by atoms with van der Waals surface area (Å²) in [4.78, 5) is 186. The van der Waals surface area contributed by atoms with Gasteiger partial charge >= 0.3 is 35.8 Å². The van der Waals surface area contributed by atoms with Crippen molar-refractivity contribution in [3.63, 3.8) is 0 Å². The molecule has 4 amide bonds. The summed E-state index contributed by atoms with van der Waals surface area (Å²) < 4.78 is 88.8. The van der Waals surface area contributed by atoms with Crippen LogP contribution in [0.15, 0.2) is 255 Å². The van der Waals surface area contributed by atoms with Crippen LogP contribution in [0.3, 0.4) is 0 Å². The first-order valence-corrected chi connectivity index (χ1v) is 41.8. The lowest BCUT2D eigenvalue weighted by molar-refractivity contribution is -0.364. The van der Waals surface area contributed by atoms with Gasteiger partial charge in [0.1, 0.15) is 74.6 Å². The highest BCUT2D eigenvalue weighted by atomic mass is 28.4. The molecule has 15 rings (SSSR count). The number of methoxy groups -OCH3 is 1. The number of esters is 6. The number of benzene rings is 9. The number of ketones is 2. The number of rotatable bonds is 25. The van der Waals surface area contributed by atoms with Gasteiger partial charge in [-0.3, -0.25) is 38.6 Å². The van der Waals surface area contributed by atoms with Gasteiger partial charge in [0.05, 0.1) is 67.5 Å². The first-order valence-electron chi connectivity index (χ1n) is 38.9. The number of carbonyl (C=O) groups excluding carboxylic acids is 12. The van der Waals surface area contributed by atoms with Crippen molar-refractivity contribution < 1.29 is 119 Å². The first-order chi connectivity index (χ1) is 57.9. The maximum atomic E-state index is 16.1. The topological polar surface area (TPSA) is 331 Å². The quantitative estimate of drug-likeness (QED) is 0.0169. The Morgan fingerprint density at radius 1 is 0.333 bits per heavy atom. The Balaban J connectivity index is 0.958. The Kier molecular flexibility index (Phi) is 24.1. The molecule has 120 heavy (non-hydrogen) atoms. The summed E-state index contributed by atoms with van der Waals surface area (Å²) in [5, 5.41) is -0.687. The molecule has 9 aromatic carbocycles. The molecule has 28 heteroatoms. The number of hydrogen-bond donors (Lipinski definition) is 0. The molecule has 0 aromatic heterocycles. The summed E-state index contributed by atoms with van der Waals surface area (Å²) in [5.41, 5.74) is -0.833. The molecule has 3 fully saturated rings. The lowest BCUT2D eigenvalue weighted by Crippen LogP contribution is -2.71. The fraction of sp³-hybridized carbons (Fsp3) is 0.283. The molecule has 6 aliphatic rings. The van der Waals surface area contributed by atoms with Crippen LogP contribution in [-0.4, -0.2) is 202 Å². The monoisotopic (exact) mass is 1640 g/mol. The van der Waals surface area contributed by atoms with Crippen molar-refractivity contribution in [1.29, 1.82) is 0 Å². The highest BCUT2D eigenvalue weighted by Crippen LogP contribution is 2.48.